The highest BCUT2D eigenvalue weighted by Crippen LogP contribution is 2.41. The zero-order valence-electron chi connectivity index (χ0n) is 14.0. The Morgan fingerprint density at radius 3 is 2.77 bits per heavy atom. The molecule has 2 atom stereocenters. The van der Waals surface area contributed by atoms with E-state index in [0.29, 0.717) is 26.4 Å². The minimum atomic E-state index is -0.337. The van der Waals surface area contributed by atoms with Crippen LogP contribution in [0, 0.1) is 5.41 Å². The van der Waals surface area contributed by atoms with E-state index in [4.69, 9.17) is 14.2 Å². The van der Waals surface area contributed by atoms with E-state index in [1.165, 1.54) is 5.57 Å². The fourth-order valence-electron chi connectivity index (χ4n) is 3.03. The monoisotopic (exact) mass is 311 g/mol. The number of rotatable bonds is 7. The van der Waals surface area contributed by atoms with Gasteiger partial charge in [-0.3, -0.25) is 4.79 Å². The third-order valence-corrected chi connectivity index (χ3v) is 4.62. The fourth-order valence-corrected chi connectivity index (χ4v) is 3.03. The van der Waals surface area contributed by atoms with Crippen molar-refractivity contribution < 1.29 is 19.0 Å². The topological polar surface area (TPSA) is 56.8 Å². The van der Waals surface area contributed by atoms with Crippen LogP contribution in [0.2, 0.25) is 0 Å². The first-order valence-electron chi connectivity index (χ1n) is 8.20. The van der Waals surface area contributed by atoms with Gasteiger partial charge < -0.3 is 19.5 Å². The summed E-state index contributed by atoms with van der Waals surface area (Å²) in [6.45, 7) is 6.40. The van der Waals surface area contributed by atoms with Gasteiger partial charge in [-0.2, -0.15) is 0 Å². The number of carbonyl (C=O) groups excluding carboxylic acids is 1. The molecule has 0 aromatic rings. The first-order valence-corrected chi connectivity index (χ1v) is 8.20. The molecule has 0 bridgehead atoms. The minimum Gasteiger partial charge on any atom is -0.384 e. The van der Waals surface area contributed by atoms with Crippen molar-refractivity contribution in [2.24, 2.45) is 5.41 Å². The molecule has 0 aromatic heterocycles. The van der Waals surface area contributed by atoms with Crippen LogP contribution in [0.4, 0.5) is 0 Å². The molecule has 1 aliphatic heterocycles. The van der Waals surface area contributed by atoms with Gasteiger partial charge in [0.15, 0.2) is 0 Å². The molecule has 5 heteroatoms. The van der Waals surface area contributed by atoms with Gasteiger partial charge in [-0.15, -0.1) is 0 Å². The minimum absolute atomic E-state index is 0.0213. The van der Waals surface area contributed by atoms with Crippen LogP contribution >= 0.6 is 0 Å². The Bertz CT molecular complexity index is 399. The van der Waals surface area contributed by atoms with E-state index in [0.717, 1.165) is 25.7 Å². The standard InChI is InChI=1S/C17H29NO4/c1-13(2)5-10-22-15-6-9-21-11-14(15)18-16(19)17(12-20-3)7-4-8-17/h5,14-15H,4,6-12H2,1-3H3,(H,18,19)/t14-,15+/m0/s1. The maximum absolute atomic E-state index is 12.6. The van der Waals surface area contributed by atoms with Crippen LogP contribution in [0.1, 0.15) is 39.5 Å². The lowest BCUT2D eigenvalue weighted by atomic mass is 9.68. The number of methoxy groups -OCH3 is 1. The molecule has 22 heavy (non-hydrogen) atoms. The van der Waals surface area contributed by atoms with Gasteiger partial charge in [0.1, 0.15) is 0 Å². The Morgan fingerprint density at radius 2 is 2.18 bits per heavy atom. The molecule has 2 aliphatic rings. The number of carbonyl (C=O) groups is 1. The van der Waals surface area contributed by atoms with E-state index < -0.39 is 0 Å². The Labute approximate surface area is 133 Å². The van der Waals surface area contributed by atoms with Crippen LogP contribution in [0.25, 0.3) is 0 Å². The van der Waals surface area contributed by atoms with Crippen molar-refractivity contribution in [3.63, 3.8) is 0 Å². The number of nitrogens with one attached hydrogen (secondary N) is 1. The van der Waals surface area contributed by atoms with Crippen LogP contribution < -0.4 is 5.32 Å². The van der Waals surface area contributed by atoms with Gasteiger partial charge in [0.25, 0.3) is 0 Å². The fraction of sp³-hybridized carbons (Fsp3) is 0.824. The molecule has 1 N–H and O–H groups in total. The largest absolute Gasteiger partial charge is 0.384 e. The van der Waals surface area contributed by atoms with Crippen LogP contribution in [-0.4, -0.2) is 51.6 Å². The zero-order valence-corrected chi connectivity index (χ0v) is 14.0. The second-order valence-corrected chi connectivity index (χ2v) is 6.66. The van der Waals surface area contributed by atoms with E-state index in [1.807, 2.05) is 0 Å². The second kappa shape index (κ2) is 8.09. The van der Waals surface area contributed by atoms with Crippen molar-refractivity contribution in [3.8, 4) is 0 Å². The molecule has 1 amide bonds. The summed E-state index contributed by atoms with van der Waals surface area (Å²) in [5, 5.41) is 3.15. The molecule has 0 unspecified atom stereocenters. The third kappa shape index (κ3) is 4.31. The number of hydrogen-bond acceptors (Lipinski definition) is 4. The molecule has 1 saturated carbocycles. The smallest absolute Gasteiger partial charge is 0.228 e. The molecular weight excluding hydrogens is 282 g/mol. The molecule has 0 spiro atoms. The molecule has 2 fully saturated rings. The predicted molar refractivity (Wildman–Crippen MR) is 84.7 cm³/mol. The van der Waals surface area contributed by atoms with Crippen molar-refractivity contribution in [1.82, 2.24) is 5.32 Å². The summed E-state index contributed by atoms with van der Waals surface area (Å²) in [6.07, 6.45) is 5.81. The average Bonchev–Trinajstić information content (AvgIpc) is 2.44. The Balaban J connectivity index is 1.90. The highest BCUT2D eigenvalue weighted by atomic mass is 16.5. The zero-order chi connectivity index (χ0) is 16.0. The average molecular weight is 311 g/mol. The number of ether oxygens (including phenoxy) is 3. The van der Waals surface area contributed by atoms with E-state index >= 15 is 0 Å². The van der Waals surface area contributed by atoms with E-state index in [9.17, 15) is 4.79 Å². The molecule has 126 valence electrons. The van der Waals surface area contributed by atoms with Crippen LogP contribution in [-0.2, 0) is 19.0 Å². The van der Waals surface area contributed by atoms with Crippen LogP contribution in [0.15, 0.2) is 11.6 Å². The maximum Gasteiger partial charge on any atom is 0.228 e. The van der Waals surface area contributed by atoms with Crippen molar-refractivity contribution in [3.05, 3.63) is 11.6 Å². The molecule has 0 radical (unpaired) electrons. The molecule has 1 heterocycles. The first kappa shape index (κ1) is 17.4. The lowest BCUT2D eigenvalue weighted by molar-refractivity contribution is -0.144. The number of hydrogen-bond donors (Lipinski definition) is 1. The van der Waals surface area contributed by atoms with Gasteiger partial charge in [0.2, 0.25) is 5.91 Å². The molecule has 5 nitrogen and oxygen atoms in total. The van der Waals surface area contributed by atoms with Crippen molar-refractivity contribution in [1.29, 1.82) is 0 Å². The van der Waals surface area contributed by atoms with Crippen LogP contribution in [0.3, 0.4) is 0 Å². The summed E-state index contributed by atoms with van der Waals surface area (Å²) in [5.74, 6) is 0.0897. The van der Waals surface area contributed by atoms with Crippen molar-refractivity contribution in [2.45, 2.75) is 51.7 Å². The molecular formula is C17H29NO4. The van der Waals surface area contributed by atoms with Gasteiger partial charge in [0.05, 0.1) is 37.4 Å². The van der Waals surface area contributed by atoms with Gasteiger partial charge in [-0.25, -0.2) is 0 Å². The van der Waals surface area contributed by atoms with Crippen molar-refractivity contribution >= 4 is 5.91 Å². The van der Waals surface area contributed by atoms with E-state index in [2.05, 4.69) is 25.2 Å². The highest BCUT2D eigenvalue weighted by Gasteiger charge is 2.45. The normalized spacial score (nSPS) is 26.9. The summed E-state index contributed by atoms with van der Waals surface area (Å²) in [6, 6.07) is -0.0684. The van der Waals surface area contributed by atoms with Gasteiger partial charge in [-0.05, 0) is 33.1 Å². The number of allylic oxidation sites excluding steroid dienone is 1. The molecule has 2 rings (SSSR count). The third-order valence-electron chi connectivity index (χ3n) is 4.62. The first-order chi connectivity index (χ1) is 10.6. The quantitative estimate of drug-likeness (QED) is 0.731. The maximum atomic E-state index is 12.6. The molecule has 1 saturated heterocycles. The summed E-state index contributed by atoms with van der Waals surface area (Å²) < 4.78 is 16.7. The van der Waals surface area contributed by atoms with Gasteiger partial charge in [0, 0.05) is 13.7 Å². The van der Waals surface area contributed by atoms with E-state index in [1.54, 1.807) is 7.11 Å². The Hall–Kier alpha value is -0.910. The summed E-state index contributed by atoms with van der Waals surface area (Å²) in [4.78, 5) is 12.6. The molecule has 0 aromatic carbocycles. The predicted octanol–water partition coefficient (Wildman–Crippen LogP) is 2.06. The highest BCUT2D eigenvalue weighted by molar-refractivity contribution is 5.84. The summed E-state index contributed by atoms with van der Waals surface area (Å²) in [5.41, 5.74) is 0.901. The Kier molecular flexibility index (Phi) is 6.41. The van der Waals surface area contributed by atoms with Gasteiger partial charge >= 0.3 is 0 Å². The Morgan fingerprint density at radius 1 is 1.41 bits per heavy atom. The SMILES string of the molecule is COCC1(C(=O)N[C@H]2COCC[C@H]2OCC=C(C)C)CCC1. The van der Waals surface area contributed by atoms with E-state index in [-0.39, 0.29) is 23.5 Å². The van der Waals surface area contributed by atoms with Crippen molar-refractivity contribution in [2.75, 3.05) is 33.5 Å². The summed E-state index contributed by atoms with van der Waals surface area (Å²) in [7, 11) is 1.66. The second-order valence-electron chi connectivity index (χ2n) is 6.66. The lowest BCUT2D eigenvalue weighted by Crippen LogP contribution is -2.57. The van der Waals surface area contributed by atoms with Gasteiger partial charge in [-0.1, -0.05) is 18.1 Å². The summed E-state index contributed by atoms with van der Waals surface area (Å²) >= 11 is 0. The number of amides is 1. The lowest BCUT2D eigenvalue weighted by Gasteiger charge is -2.42. The van der Waals surface area contributed by atoms with Crippen LogP contribution in [0.5, 0.6) is 0 Å². The molecule has 1 aliphatic carbocycles.